The van der Waals surface area contributed by atoms with Crippen LogP contribution in [0, 0.1) is 0 Å². The van der Waals surface area contributed by atoms with Gasteiger partial charge in [-0.3, -0.25) is 4.84 Å². The Morgan fingerprint density at radius 3 is 2.65 bits per heavy atom. The number of anilines is 1. The smallest absolute Gasteiger partial charge is 0.344 e. The molecule has 2 aromatic rings. The molecule has 0 aliphatic heterocycles. The van der Waals surface area contributed by atoms with Crippen molar-refractivity contribution in [3.63, 3.8) is 0 Å². The summed E-state index contributed by atoms with van der Waals surface area (Å²) in [5, 5.41) is 0. The highest BCUT2D eigenvalue weighted by molar-refractivity contribution is 6.00. The zero-order valence-corrected chi connectivity index (χ0v) is 13.4. The Hall–Kier alpha value is -2.47. The predicted molar refractivity (Wildman–Crippen MR) is 87.9 cm³/mol. The van der Waals surface area contributed by atoms with Gasteiger partial charge in [-0.15, -0.1) is 0 Å². The maximum atomic E-state index is 12.4. The van der Waals surface area contributed by atoms with Gasteiger partial charge in [0.1, 0.15) is 11.9 Å². The molecule has 0 aliphatic carbocycles. The zero-order valence-electron chi connectivity index (χ0n) is 13.4. The number of nitrogens with zero attached hydrogens (tertiary/aromatic N) is 2. The van der Waals surface area contributed by atoms with E-state index in [-0.39, 0.29) is 12.2 Å². The Bertz CT molecular complexity index is 632. The van der Waals surface area contributed by atoms with Gasteiger partial charge < -0.3 is 4.74 Å². The molecule has 6 heteroatoms. The number of rotatable bonds is 8. The van der Waals surface area contributed by atoms with Gasteiger partial charge in [-0.2, -0.15) is 0 Å². The fraction of sp³-hybridized carbons (Fsp3) is 0.353. The van der Waals surface area contributed by atoms with Crippen LogP contribution in [-0.4, -0.2) is 29.2 Å². The largest absolute Gasteiger partial charge is 0.462 e. The summed E-state index contributed by atoms with van der Waals surface area (Å²) in [4.78, 5) is 26.1. The monoisotopic (exact) mass is 315 g/mol. The summed E-state index contributed by atoms with van der Waals surface area (Å²) >= 11 is 0. The minimum absolute atomic E-state index is 0.275. The number of hydrogen-bond donors (Lipinski definition) is 1. The van der Waals surface area contributed by atoms with E-state index < -0.39 is 5.97 Å². The molecule has 1 aromatic heterocycles. The van der Waals surface area contributed by atoms with Crippen molar-refractivity contribution >= 4 is 11.8 Å². The van der Waals surface area contributed by atoms with Crippen LogP contribution in [0.3, 0.4) is 0 Å². The van der Waals surface area contributed by atoms with Crippen molar-refractivity contribution in [3.8, 4) is 11.3 Å². The van der Waals surface area contributed by atoms with Gasteiger partial charge in [0.05, 0.1) is 18.9 Å². The maximum Gasteiger partial charge on any atom is 0.344 e. The number of unbranched alkanes of at least 4 members (excludes halogenated alkanes) is 1. The molecule has 1 aromatic carbocycles. The van der Waals surface area contributed by atoms with E-state index in [2.05, 4.69) is 22.4 Å². The van der Waals surface area contributed by atoms with Crippen LogP contribution >= 0.6 is 0 Å². The molecule has 0 saturated carbocycles. The second-order valence-corrected chi connectivity index (χ2v) is 4.84. The minimum atomic E-state index is -0.478. The lowest BCUT2D eigenvalue weighted by atomic mass is 10.1. The van der Waals surface area contributed by atoms with Gasteiger partial charge in [-0.1, -0.05) is 43.7 Å². The predicted octanol–water partition coefficient (Wildman–Crippen LogP) is 3.46. The molecule has 0 aliphatic rings. The highest BCUT2D eigenvalue weighted by Gasteiger charge is 2.21. The third-order valence-electron chi connectivity index (χ3n) is 3.14. The summed E-state index contributed by atoms with van der Waals surface area (Å²) in [6.45, 7) is 4.64. The second kappa shape index (κ2) is 8.85. The molecule has 0 fully saturated rings. The van der Waals surface area contributed by atoms with E-state index in [0.29, 0.717) is 18.1 Å². The summed E-state index contributed by atoms with van der Waals surface area (Å²) in [6, 6.07) is 9.44. The average Bonchev–Trinajstić information content (AvgIpc) is 2.59. The topological polar surface area (TPSA) is 73.3 Å². The molecular formula is C17H21N3O3. The highest BCUT2D eigenvalue weighted by atomic mass is 16.6. The van der Waals surface area contributed by atoms with Gasteiger partial charge in [0.15, 0.2) is 5.82 Å². The normalized spacial score (nSPS) is 10.3. The summed E-state index contributed by atoms with van der Waals surface area (Å²) in [6.07, 6.45) is 3.33. The van der Waals surface area contributed by atoms with Crippen LogP contribution < -0.4 is 5.48 Å². The fourth-order valence-corrected chi connectivity index (χ4v) is 2.01. The van der Waals surface area contributed by atoms with E-state index in [4.69, 9.17) is 9.57 Å². The average molecular weight is 315 g/mol. The van der Waals surface area contributed by atoms with Crippen LogP contribution in [-0.2, 0) is 9.57 Å². The van der Waals surface area contributed by atoms with Crippen LogP contribution in [0.2, 0.25) is 0 Å². The molecule has 6 nitrogen and oxygen atoms in total. The van der Waals surface area contributed by atoms with E-state index >= 15 is 0 Å². The third kappa shape index (κ3) is 4.50. The summed E-state index contributed by atoms with van der Waals surface area (Å²) in [5.74, 6) is -0.165. The van der Waals surface area contributed by atoms with Gasteiger partial charge in [-0.05, 0) is 13.3 Å². The molecular weight excluding hydrogens is 294 g/mol. The number of aromatic nitrogens is 2. The summed E-state index contributed by atoms with van der Waals surface area (Å²) in [7, 11) is 0. The molecule has 122 valence electrons. The fourth-order valence-electron chi connectivity index (χ4n) is 2.01. The molecule has 1 heterocycles. The van der Waals surface area contributed by atoms with E-state index in [1.807, 2.05) is 30.3 Å². The molecule has 2 rings (SSSR count). The van der Waals surface area contributed by atoms with Crippen molar-refractivity contribution in [2.24, 2.45) is 0 Å². The summed E-state index contributed by atoms with van der Waals surface area (Å²) < 4.78 is 5.14. The number of hydrogen-bond acceptors (Lipinski definition) is 6. The number of benzene rings is 1. The molecule has 0 spiro atoms. The lowest BCUT2D eigenvalue weighted by molar-refractivity contribution is 0.0526. The first kappa shape index (κ1) is 16.9. The van der Waals surface area contributed by atoms with Crippen LogP contribution in [0.25, 0.3) is 11.3 Å². The first-order valence-electron chi connectivity index (χ1n) is 7.73. The van der Waals surface area contributed by atoms with Gasteiger partial charge in [-0.25, -0.2) is 20.2 Å². The van der Waals surface area contributed by atoms with E-state index in [0.717, 1.165) is 18.4 Å². The van der Waals surface area contributed by atoms with Crippen molar-refractivity contribution in [2.75, 3.05) is 18.7 Å². The third-order valence-corrected chi connectivity index (χ3v) is 3.14. The van der Waals surface area contributed by atoms with E-state index in [1.165, 1.54) is 6.33 Å². The number of nitrogens with one attached hydrogen (secondary N) is 1. The standard InChI is InChI=1S/C17H21N3O3/c1-3-5-11-23-20-16-14(17(21)22-4-2)15(18-12-19-16)13-9-7-6-8-10-13/h6-10,12H,3-5,11H2,1-2H3,(H,18,19,20). The van der Waals surface area contributed by atoms with Gasteiger partial charge in [0, 0.05) is 5.56 Å². The number of esters is 1. The molecule has 0 radical (unpaired) electrons. The van der Waals surface area contributed by atoms with Crippen molar-refractivity contribution < 1.29 is 14.4 Å². The zero-order chi connectivity index (χ0) is 16.5. The van der Waals surface area contributed by atoms with Crippen LogP contribution in [0.4, 0.5) is 5.82 Å². The maximum absolute atomic E-state index is 12.4. The molecule has 0 unspecified atom stereocenters. The minimum Gasteiger partial charge on any atom is -0.462 e. The van der Waals surface area contributed by atoms with Gasteiger partial charge in [0.25, 0.3) is 0 Å². The Morgan fingerprint density at radius 1 is 1.17 bits per heavy atom. The van der Waals surface area contributed by atoms with Crippen molar-refractivity contribution in [2.45, 2.75) is 26.7 Å². The SMILES string of the molecule is CCCCONc1ncnc(-c2ccccc2)c1C(=O)OCC. The highest BCUT2D eigenvalue weighted by Crippen LogP contribution is 2.26. The molecule has 0 atom stereocenters. The Morgan fingerprint density at radius 2 is 1.96 bits per heavy atom. The van der Waals surface area contributed by atoms with Gasteiger partial charge >= 0.3 is 5.97 Å². The van der Waals surface area contributed by atoms with Gasteiger partial charge in [0.2, 0.25) is 0 Å². The van der Waals surface area contributed by atoms with Crippen molar-refractivity contribution in [3.05, 3.63) is 42.2 Å². The lowest BCUT2D eigenvalue weighted by Gasteiger charge is -2.13. The molecule has 0 amide bonds. The quantitative estimate of drug-likeness (QED) is 0.457. The number of ether oxygens (including phenoxy) is 1. The Balaban J connectivity index is 2.35. The van der Waals surface area contributed by atoms with Crippen LogP contribution in [0.5, 0.6) is 0 Å². The van der Waals surface area contributed by atoms with Crippen molar-refractivity contribution in [1.29, 1.82) is 0 Å². The Labute approximate surface area is 135 Å². The molecule has 0 bridgehead atoms. The number of carbonyl (C=O) groups excluding carboxylic acids is 1. The van der Waals surface area contributed by atoms with Crippen LogP contribution in [0.15, 0.2) is 36.7 Å². The Kier molecular flexibility index (Phi) is 6.50. The first-order valence-corrected chi connectivity index (χ1v) is 7.73. The molecule has 0 saturated heterocycles. The molecule has 1 N–H and O–H groups in total. The first-order chi connectivity index (χ1) is 11.3. The second-order valence-electron chi connectivity index (χ2n) is 4.84. The van der Waals surface area contributed by atoms with Crippen LogP contribution in [0.1, 0.15) is 37.0 Å². The molecule has 23 heavy (non-hydrogen) atoms. The summed E-state index contributed by atoms with van der Waals surface area (Å²) in [5.41, 5.74) is 4.35. The van der Waals surface area contributed by atoms with Crippen molar-refractivity contribution in [1.82, 2.24) is 9.97 Å². The van der Waals surface area contributed by atoms with E-state index in [1.54, 1.807) is 6.92 Å². The van der Waals surface area contributed by atoms with E-state index in [9.17, 15) is 4.79 Å². The lowest BCUT2D eigenvalue weighted by Crippen LogP contribution is -2.14. The number of carbonyl (C=O) groups is 1.